The monoisotopic (exact) mass is 1360 g/mol. The van der Waals surface area contributed by atoms with Crippen molar-refractivity contribution < 1.29 is 110 Å². The topological polar surface area (TPSA) is 393 Å². The molecular weight excluding hydrogens is 1260 g/mol. The summed E-state index contributed by atoms with van der Waals surface area (Å²) < 4.78 is 43.4. The molecule has 25 nitrogen and oxygen atoms in total. The van der Waals surface area contributed by atoms with Gasteiger partial charge in [0.25, 0.3) is 11.8 Å². The molecule has 0 spiro atoms. The number of carbonyl (C=O) groups is 6. The third-order valence-corrected chi connectivity index (χ3v) is 20.4. The van der Waals surface area contributed by atoms with Gasteiger partial charge in [0.2, 0.25) is 17.7 Å². The molecule has 8 unspecified atom stereocenters. The second-order valence-electron chi connectivity index (χ2n) is 25.9. The predicted molar refractivity (Wildman–Crippen MR) is 349 cm³/mol. The average molecular weight is 1360 g/mol. The van der Waals surface area contributed by atoms with Crippen molar-refractivity contribution in [1.29, 1.82) is 0 Å². The average Bonchev–Trinajstić information content (AvgIpc) is 1.47. The van der Waals surface area contributed by atoms with Crippen molar-refractivity contribution in [2.24, 2.45) is 46.0 Å². The molecule has 4 fully saturated rings. The van der Waals surface area contributed by atoms with Gasteiger partial charge in [0, 0.05) is 13.0 Å². The molecule has 10 atom stereocenters. The Morgan fingerprint density at radius 2 is 0.979 bits per heavy atom. The van der Waals surface area contributed by atoms with Crippen molar-refractivity contribution in [2.75, 3.05) is 104 Å². The van der Waals surface area contributed by atoms with E-state index in [9.17, 15) is 49.2 Å². The summed E-state index contributed by atoms with van der Waals surface area (Å²) in [4.78, 5) is 70.1. The van der Waals surface area contributed by atoms with E-state index in [4.69, 9.17) is 54.5 Å². The number of phenolic OH excluding ortho intramolecular Hbond substituents is 2. The van der Waals surface area contributed by atoms with Crippen LogP contribution < -0.4 is 55.0 Å². The number of aryl methyl sites for hydroxylation is 2. The van der Waals surface area contributed by atoms with Crippen LogP contribution in [0.4, 0.5) is 11.4 Å². The first-order valence-corrected chi connectivity index (χ1v) is 33.1. The Morgan fingerprint density at radius 3 is 1.41 bits per heavy atom. The molecule has 5 amide bonds. The molecule has 10 rings (SSSR count). The number of carbonyl (C=O) groups excluding carboxylic acids is 5. The molecular formula is C70H97ClN6O19. The molecule has 0 heterocycles. The number of anilines is 2. The SMILES string of the molecule is CC12CCC3c4ccc(O)cc4CCC3C1CC[C@@H]2OCCC(=O)O.COc1ccc(NC(=O)COCCOCCNC(=O)CCO[C@@H]2CCC3C4CCc5cc(O)ccc5C4CCC32C)c(O)c1C(N)=O.COc1ccc(NC(=O)COCCOCC[NH3+])c(O)c1C(N)=O.[Cl-]. The maximum absolute atomic E-state index is 12.4. The van der Waals surface area contributed by atoms with Gasteiger partial charge in [-0.25, -0.2) is 0 Å². The number of rotatable bonds is 29. The number of aromatic hydroxyl groups is 4. The number of fused-ring (bicyclic) bond motifs is 10. The summed E-state index contributed by atoms with van der Waals surface area (Å²) in [6.07, 6.45) is 14.2. The summed E-state index contributed by atoms with van der Waals surface area (Å²) in [5.74, 6) is 0.177. The van der Waals surface area contributed by atoms with Gasteiger partial charge in [0.1, 0.15) is 47.3 Å². The number of amides is 5. The van der Waals surface area contributed by atoms with Crippen LogP contribution in [0.1, 0.15) is 146 Å². The first-order chi connectivity index (χ1) is 45.6. The number of ether oxygens (including phenoxy) is 8. The lowest BCUT2D eigenvalue weighted by Gasteiger charge is -2.50. The molecule has 15 N–H and O–H groups in total. The van der Waals surface area contributed by atoms with Gasteiger partial charge in [0.15, 0.2) is 11.5 Å². The highest BCUT2D eigenvalue weighted by Crippen LogP contribution is 2.63. The summed E-state index contributed by atoms with van der Waals surface area (Å²) >= 11 is 0. The zero-order valence-corrected chi connectivity index (χ0v) is 56.2. The molecule has 528 valence electrons. The lowest BCUT2D eigenvalue weighted by molar-refractivity contribution is -0.374. The van der Waals surface area contributed by atoms with Gasteiger partial charge in [-0.1, -0.05) is 26.0 Å². The van der Waals surface area contributed by atoms with Crippen molar-refractivity contribution in [3.8, 4) is 34.5 Å². The van der Waals surface area contributed by atoms with E-state index in [0.29, 0.717) is 99.6 Å². The zero-order chi connectivity index (χ0) is 68.4. The zero-order valence-electron chi connectivity index (χ0n) is 55.5. The van der Waals surface area contributed by atoms with Crippen molar-refractivity contribution in [3.05, 3.63) is 94.0 Å². The quantitative estimate of drug-likeness (QED) is 0.0274. The normalized spacial score (nSPS) is 23.9. The van der Waals surface area contributed by atoms with E-state index in [1.165, 1.54) is 80.0 Å². The Morgan fingerprint density at radius 1 is 0.542 bits per heavy atom. The molecule has 0 radical (unpaired) electrons. The van der Waals surface area contributed by atoms with Crippen molar-refractivity contribution in [3.63, 3.8) is 0 Å². The lowest BCUT2D eigenvalue weighted by atomic mass is 9.55. The van der Waals surface area contributed by atoms with Crippen LogP contribution in [0.2, 0.25) is 0 Å². The minimum atomic E-state index is -0.891. The van der Waals surface area contributed by atoms with E-state index in [1.807, 2.05) is 24.3 Å². The number of carboxylic acid groups (broad SMARTS) is 1. The summed E-state index contributed by atoms with van der Waals surface area (Å²) in [5.41, 5.74) is 19.6. The number of hydrogen-bond donors (Lipinski definition) is 11. The van der Waals surface area contributed by atoms with E-state index in [2.05, 4.69) is 47.7 Å². The third kappa shape index (κ3) is 18.8. The maximum Gasteiger partial charge on any atom is 0.305 e. The van der Waals surface area contributed by atoms with E-state index >= 15 is 0 Å². The molecule has 6 aliphatic carbocycles. The molecule has 4 aromatic rings. The van der Waals surface area contributed by atoms with Crippen molar-refractivity contribution >= 4 is 46.9 Å². The Hall–Kier alpha value is -7.49. The van der Waals surface area contributed by atoms with Crippen LogP contribution in [-0.2, 0) is 60.4 Å². The van der Waals surface area contributed by atoms with Crippen LogP contribution in [0, 0.1) is 34.5 Å². The Bertz CT molecular complexity index is 3320. The van der Waals surface area contributed by atoms with Crippen molar-refractivity contribution in [1.82, 2.24) is 5.32 Å². The second kappa shape index (κ2) is 35.7. The number of hydrogen-bond acceptors (Lipinski definition) is 18. The number of carboxylic acids is 1. The Kier molecular flexibility index (Phi) is 28.2. The second-order valence-corrected chi connectivity index (χ2v) is 25.9. The van der Waals surface area contributed by atoms with E-state index in [0.717, 1.165) is 57.8 Å². The van der Waals surface area contributed by atoms with Crippen LogP contribution in [0.15, 0.2) is 60.7 Å². The number of benzene rings is 4. The molecule has 0 bridgehead atoms. The summed E-state index contributed by atoms with van der Waals surface area (Å²) in [6, 6.07) is 17.5. The lowest BCUT2D eigenvalue weighted by Crippen LogP contribution is -3.00. The van der Waals surface area contributed by atoms with Gasteiger partial charge in [0.05, 0.1) is 104 Å². The molecule has 0 aromatic heterocycles. The minimum absolute atomic E-state index is 0. The minimum Gasteiger partial charge on any atom is -1.00 e. The first kappa shape index (κ1) is 75.9. The van der Waals surface area contributed by atoms with Crippen molar-refractivity contribution in [2.45, 2.75) is 128 Å². The number of primary amides is 2. The molecule has 0 aliphatic heterocycles. The first-order valence-electron chi connectivity index (χ1n) is 33.1. The van der Waals surface area contributed by atoms with E-state index < -0.39 is 41.1 Å². The molecule has 4 aromatic carbocycles. The number of quaternary nitrogens is 1. The van der Waals surface area contributed by atoms with Gasteiger partial charge in [-0.15, -0.1) is 0 Å². The van der Waals surface area contributed by atoms with Gasteiger partial charge in [-0.05, 0) is 194 Å². The third-order valence-electron chi connectivity index (χ3n) is 20.4. The maximum atomic E-state index is 12.4. The standard InChI is InChI=1S/C35H47N3O9.C21H28O4.C14H21N3O6.ClH/c1-35-13-11-24-23-6-4-22(39)19-21(23)3-5-25(24)26(35)7-10-29(35)47-15-12-30(40)37-14-16-45-17-18-46-20-31(41)38-27-8-9-28(44-2)32(33(27)42)34(36)43;1-21-10-8-16-15-5-3-14(22)12-13(15)2-4-17(16)18(21)6-7-19(21)25-11-9-20(23)24;1-21-10-3-2-9(13(19)12(10)14(16)20)17-11(18)8-23-7-6-22-5-4-15;/h4,6,8-9,19,24-26,29,39,42H,3,5,7,10-18,20H2,1-2H3,(H2,36,43)(H,37,40)(H,38,41);3,5,12,16-19,22H,2,4,6-11H2,1H3,(H,23,24);2-3,19H,4-8,15H2,1H3,(H2,16,20)(H,17,18);1H/t24?,25?,26?,29-,35?;16?,17?,18?,19-,21?;;/m10../s1. The van der Waals surface area contributed by atoms with Gasteiger partial charge in [-0.3, -0.25) is 28.8 Å². The summed E-state index contributed by atoms with van der Waals surface area (Å²) in [6.45, 7) is 7.82. The smallest absolute Gasteiger partial charge is 0.305 e. The highest BCUT2D eigenvalue weighted by molar-refractivity contribution is 6.03. The molecule has 0 saturated heterocycles. The van der Waals surface area contributed by atoms with Gasteiger partial charge >= 0.3 is 5.97 Å². The fourth-order valence-corrected chi connectivity index (χ4v) is 15.9. The Balaban J connectivity index is 0.000000223. The number of nitrogens with two attached hydrogens (primary N) is 2. The number of aliphatic carboxylic acids is 1. The molecule has 96 heavy (non-hydrogen) atoms. The Labute approximate surface area is 566 Å². The van der Waals surface area contributed by atoms with Crippen LogP contribution in [0.3, 0.4) is 0 Å². The van der Waals surface area contributed by atoms with Gasteiger partial charge < -0.3 is 109 Å². The van der Waals surface area contributed by atoms with Crippen LogP contribution in [-0.4, -0.2) is 167 Å². The highest BCUT2D eigenvalue weighted by atomic mass is 35.5. The van der Waals surface area contributed by atoms with Crippen LogP contribution in [0.5, 0.6) is 34.5 Å². The molecule has 26 heteroatoms. The summed E-state index contributed by atoms with van der Waals surface area (Å²) in [5, 5.41) is 56.6. The molecule has 4 saturated carbocycles. The fourth-order valence-electron chi connectivity index (χ4n) is 15.9. The number of nitrogens with one attached hydrogen (secondary N) is 3. The van der Waals surface area contributed by atoms with E-state index in [1.54, 1.807) is 0 Å². The largest absolute Gasteiger partial charge is 1.00 e. The van der Waals surface area contributed by atoms with E-state index in [-0.39, 0.29) is 115 Å². The predicted octanol–water partition coefficient (Wildman–Crippen LogP) is 3.45. The number of methoxy groups -OCH3 is 2. The van der Waals surface area contributed by atoms with Gasteiger partial charge in [-0.2, -0.15) is 0 Å². The highest BCUT2D eigenvalue weighted by Gasteiger charge is 2.57. The van der Waals surface area contributed by atoms with Crippen LogP contribution in [0.25, 0.3) is 0 Å². The summed E-state index contributed by atoms with van der Waals surface area (Å²) in [7, 11) is 2.67. The fraction of sp³-hybridized carbons (Fsp3) is 0.571. The molecule has 6 aliphatic rings. The van der Waals surface area contributed by atoms with Crippen LogP contribution >= 0.6 is 0 Å². The number of halogens is 1. The number of phenols is 4.